The van der Waals surface area contributed by atoms with Crippen molar-refractivity contribution in [2.45, 2.75) is 18.8 Å². The molecule has 1 aliphatic heterocycles. The van der Waals surface area contributed by atoms with E-state index in [1.54, 1.807) is 12.1 Å². The molecule has 134 valence electrons. The summed E-state index contributed by atoms with van der Waals surface area (Å²) >= 11 is 6.24. The zero-order valence-electron chi connectivity index (χ0n) is 13.8. The van der Waals surface area contributed by atoms with Crippen LogP contribution in [0.5, 0.6) is 0 Å². The number of nitrogens with two attached hydrogens (primary N) is 1. The van der Waals surface area contributed by atoms with Crippen LogP contribution >= 0.6 is 11.6 Å². The summed E-state index contributed by atoms with van der Waals surface area (Å²) in [4.78, 5) is 14.7. The maximum absolute atomic E-state index is 13.1. The summed E-state index contributed by atoms with van der Waals surface area (Å²) < 4.78 is 18.5. The first-order valence-electron chi connectivity index (χ1n) is 8.22. The largest absolute Gasteiger partial charge is 0.382 e. The monoisotopic (exact) mass is 374 g/mol. The molecule has 0 bridgehead atoms. The molecule has 1 aliphatic rings. The first kappa shape index (κ1) is 16.7. The van der Waals surface area contributed by atoms with Crippen molar-refractivity contribution >= 4 is 23.2 Å². The molecule has 3 heterocycles. The summed E-state index contributed by atoms with van der Waals surface area (Å²) in [6.07, 6.45) is 3.25. The molecule has 26 heavy (non-hydrogen) atoms. The van der Waals surface area contributed by atoms with E-state index in [1.165, 1.54) is 18.5 Å². The normalized spacial score (nSPS) is 17.5. The van der Waals surface area contributed by atoms with Crippen LogP contribution in [0.3, 0.4) is 0 Å². The fourth-order valence-corrected chi connectivity index (χ4v) is 3.30. The van der Waals surface area contributed by atoms with Gasteiger partial charge < -0.3 is 15.2 Å². The minimum atomic E-state index is -0.304. The van der Waals surface area contributed by atoms with E-state index >= 15 is 0 Å². The van der Waals surface area contributed by atoms with E-state index in [-0.39, 0.29) is 17.6 Å². The maximum atomic E-state index is 13.1. The Labute approximate surface area is 154 Å². The van der Waals surface area contributed by atoms with Crippen LogP contribution < -0.4 is 10.6 Å². The van der Waals surface area contributed by atoms with E-state index in [0.717, 1.165) is 19.4 Å². The number of nitrogens with zero attached hydrogens (tertiary/aromatic N) is 5. The van der Waals surface area contributed by atoms with Crippen LogP contribution in [-0.4, -0.2) is 33.2 Å². The second-order valence-corrected chi connectivity index (χ2v) is 6.52. The number of hydrogen-bond acceptors (Lipinski definition) is 7. The first-order chi connectivity index (χ1) is 12.6. The lowest BCUT2D eigenvalue weighted by Crippen LogP contribution is -2.35. The van der Waals surface area contributed by atoms with Crippen molar-refractivity contribution in [3.05, 3.63) is 47.3 Å². The number of nitrogen functional groups attached to an aromatic ring is 1. The van der Waals surface area contributed by atoms with Gasteiger partial charge in [-0.2, -0.15) is 4.98 Å². The fourth-order valence-electron chi connectivity index (χ4n) is 3.08. The van der Waals surface area contributed by atoms with Crippen LogP contribution in [0, 0.1) is 5.82 Å². The summed E-state index contributed by atoms with van der Waals surface area (Å²) in [5.41, 5.74) is 6.48. The molecule has 9 heteroatoms. The zero-order chi connectivity index (χ0) is 18.1. The standard InChI is InChI=1S/C17H16ClFN6O/c18-13-14(20)21-9-22-16(13)25-7-1-2-11(8-25)17-23-15(24-26-17)10-3-5-12(19)6-4-10/h3-6,9,11H,1-2,7-8H2,(H2,20,21,22). The lowest BCUT2D eigenvalue weighted by molar-refractivity contribution is 0.333. The molecule has 7 nitrogen and oxygen atoms in total. The highest BCUT2D eigenvalue weighted by Crippen LogP contribution is 2.33. The smallest absolute Gasteiger partial charge is 0.231 e. The molecule has 0 saturated carbocycles. The highest BCUT2D eigenvalue weighted by Gasteiger charge is 2.28. The van der Waals surface area contributed by atoms with Gasteiger partial charge in [0.2, 0.25) is 11.7 Å². The third kappa shape index (κ3) is 3.20. The van der Waals surface area contributed by atoms with Gasteiger partial charge >= 0.3 is 0 Å². The van der Waals surface area contributed by atoms with Crippen LogP contribution in [0.1, 0.15) is 24.7 Å². The van der Waals surface area contributed by atoms with Crippen molar-refractivity contribution in [1.29, 1.82) is 0 Å². The van der Waals surface area contributed by atoms with Gasteiger partial charge in [-0.3, -0.25) is 0 Å². The van der Waals surface area contributed by atoms with Crippen molar-refractivity contribution in [2.75, 3.05) is 23.7 Å². The molecule has 3 aromatic rings. The molecule has 0 amide bonds. The van der Waals surface area contributed by atoms with Crippen LogP contribution in [0.4, 0.5) is 16.0 Å². The van der Waals surface area contributed by atoms with Gasteiger partial charge in [-0.25, -0.2) is 14.4 Å². The van der Waals surface area contributed by atoms with Gasteiger partial charge in [0.1, 0.15) is 23.0 Å². The summed E-state index contributed by atoms with van der Waals surface area (Å²) in [5.74, 6) is 1.62. The van der Waals surface area contributed by atoms with E-state index in [1.807, 2.05) is 0 Å². The Balaban J connectivity index is 1.55. The van der Waals surface area contributed by atoms with Crippen molar-refractivity contribution in [1.82, 2.24) is 20.1 Å². The number of rotatable bonds is 3. The number of aromatic nitrogens is 4. The van der Waals surface area contributed by atoms with Gasteiger partial charge in [0.15, 0.2) is 5.82 Å². The van der Waals surface area contributed by atoms with Gasteiger partial charge in [0, 0.05) is 18.7 Å². The predicted octanol–water partition coefficient (Wildman–Crippen LogP) is 3.29. The van der Waals surface area contributed by atoms with E-state index < -0.39 is 0 Å². The topological polar surface area (TPSA) is 94.0 Å². The number of benzene rings is 1. The van der Waals surface area contributed by atoms with Gasteiger partial charge in [-0.15, -0.1) is 0 Å². The predicted molar refractivity (Wildman–Crippen MR) is 95.3 cm³/mol. The third-order valence-electron chi connectivity index (χ3n) is 4.41. The molecule has 1 saturated heterocycles. The summed E-state index contributed by atoms with van der Waals surface area (Å²) in [6, 6.07) is 5.99. The van der Waals surface area contributed by atoms with Crippen LogP contribution in [0.15, 0.2) is 35.1 Å². The second-order valence-electron chi connectivity index (χ2n) is 6.14. The summed E-state index contributed by atoms with van der Waals surface area (Å²) in [5, 5.41) is 4.37. The van der Waals surface area contributed by atoms with Crippen molar-refractivity contribution in [2.24, 2.45) is 0 Å². The summed E-state index contributed by atoms with van der Waals surface area (Å²) in [7, 11) is 0. The Bertz CT molecular complexity index is 916. The molecule has 4 rings (SSSR count). The van der Waals surface area contributed by atoms with Crippen LogP contribution in [0.2, 0.25) is 5.02 Å². The van der Waals surface area contributed by atoms with E-state index in [9.17, 15) is 4.39 Å². The van der Waals surface area contributed by atoms with Crippen molar-refractivity contribution in [3.8, 4) is 11.4 Å². The Morgan fingerprint density at radius 3 is 2.85 bits per heavy atom. The van der Waals surface area contributed by atoms with Gasteiger partial charge in [-0.05, 0) is 37.1 Å². The Morgan fingerprint density at radius 1 is 1.23 bits per heavy atom. The highest BCUT2D eigenvalue weighted by atomic mass is 35.5. The second kappa shape index (κ2) is 6.87. The molecule has 0 radical (unpaired) electrons. The van der Waals surface area contributed by atoms with Gasteiger partial charge in [-0.1, -0.05) is 16.8 Å². The minimum Gasteiger partial charge on any atom is -0.382 e. The van der Waals surface area contributed by atoms with E-state index in [0.29, 0.717) is 34.7 Å². The van der Waals surface area contributed by atoms with Gasteiger partial charge in [0.25, 0.3) is 0 Å². The molecule has 1 atom stereocenters. The van der Waals surface area contributed by atoms with Crippen molar-refractivity contribution in [3.63, 3.8) is 0 Å². The van der Waals surface area contributed by atoms with Gasteiger partial charge in [0.05, 0.1) is 5.92 Å². The maximum Gasteiger partial charge on any atom is 0.231 e. The molecular formula is C17H16ClFN6O. The van der Waals surface area contributed by atoms with Crippen LogP contribution in [0.25, 0.3) is 11.4 Å². The first-order valence-corrected chi connectivity index (χ1v) is 8.60. The number of piperidine rings is 1. The Kier molecular flexibility index (Phi) is 4.42. The van der Waals surface area contributed by atoms with Crippen LogP contribution in [-0.2, 0) is 0 Å². The number of halogens is 2. The lowest BCUT2D eigenvalue weighted by atomic mass is 9.98. The SMILES string of the molecule is Nc1ncnc(N2CCCC(c3nc(-c4ccc(F)cc4)no3)C2)c1Cl. The minimum absolute atomic E-state index is 0.0534. The zero-order valence-corrected chi connectivity index (χ0v) is 14.5. The number of anilines is 2. The number of hydrogen-bond donors (Lipinski definition) is 1. The Hall–Kier alpha value is -2.74. The third-order valence-corrected chi connectivity index (χ3v) is 4.78. The van der Waals surface area contributed by atoms with Crippen molar-refractivity contribution < 1.29 is 8.91 Å². The molecule has 1 unspecified atom stereocenters. The average Bonchev–Trinajstić information content (AvgIpc) is 3.15. The molecule has 1 fully saturated rings. The molecule has 2 aromatic heterocycles. The fraction of sp³-hybridized carbons (Fsp3) is 0.294. The lowest BCUT2D eigenvalue weighted by Gasteiger charge is -2.32. The Morgan fingerprint density at radius 2 is 2.04 bits per heavy atom. The molecule has 1 aromatic carbocycles. The quantitative estimate of drug-likeness (QED) is 0.751. The average molecular weight is 375 g/mol. The van der Waals surface area contributed by atoms with E-state index in [4.69, 9.17) is 21.9 Å². The molecular weight excluding hydrogens is 359 g/mol. The molecule has 0 aliphatic carbocycles. The molecule has 2 N–H and O–H groups in total. The van der Waals surface area contributed by atoms with E-state index in [2.05, 4.69) is 25.0 Å². The molecule has 0 spiro atoms. The summed E-state index contributed by atoms with van der Waals surface area (Å²) in [6.45, 7) is 1.45. The highest BCUT2D eigenvalue weighted by molar-refractivity contribution is 6.35.